The molecule has 0 radical (unpaired) electrons. The molecule has 2 aliphatic heterocycles. The Balaban J connectivity index is 1.86. The molecular formula is C13H19N3O5S. The van der Waals surface area contributed by atoms with E-state index in [0.29, 0.717) is 26.1 Å². The Kier molecular flexibility index (Phi) is 4.20. The molecule has 0 amide bonds. The van der Waals surface area contributed by atoms with Crippen molar-refractivity contribution in [2.45, 2.75) is 42.7 Å². The van der Waals surface area contributed by atoms with Gasteiger partial charge in [0, 0.05) is 19.3 Å². The van der Waals surface area contributed by atoms with Crippen molar-refractivity contribution < 1.29 is 23.1 Å². The summed E-state index contributed by atoms with van der Waals surface area (Å²) in [4.78, 5) is 11.4. The van der Waals surface area contributed by atoms with E-state index in [4.69, 9.17) is 4.74 Å². The van der Waals surface area contributed by atoms with E-state index >= 15 is 0 Å². The summed E-state index contributed by atoms with van der Waals surface area (Å²) in [6.45, 7) is 1.39. The van der Waals surface area contributed by atoms with Crippen LogP contribution >= 0.6 is 0 Å². The normalized spacial score (nSPS) is 27.1. The topological polar surface area (TPSA) is 102 Å². The Morgan fingerprint density at radius 2 is 2.18 bits per heavy atom. The summed E-state index contributed by atoms with van der Waals surface area (Å²) in [6, 6.07) is -0.947. The van der Waals surface area contributed by atoms with E-state index in [-0.39, 0.29) is 17.5 Å². The first kappa shape index (κ1) is 15.4. The third kappa shape index (κ3) is 2.75. The van der Waals surface area contributed by atoms with Gasteiger partial charge in [-0.25, -0.2) is 8.42 Å². The lowest BCUT2D eigenvalue weighted by atomic mass is 10.1. The van der Waals surface area contributed by atoms with Crippen LogP contribution in [0, 0.1) is 0 Å². The van der Waals surface area contributed by atoms with Gasteiger partial charge in [0.05, 0.1) is 18.8 Å². The van der Waals surface area contributed by atoms with Crippen LogP contribution in [0.1, 0.15) is 31.7 Å². The number of aromatic nitrogens is 2. The summed E-state index contributed by atoms with van der Waals surface area (Å²) in [5.41, 5.74) is 0. The second-order valence-electron chi connectivity index (χ2n) is 5.64. The van der Waals surface area contributed by atoms with Gasteiger partial charge < -0.3 is 9.84 Å². The number of sulfonamides is 1. The van der Waals surface area contributed by atoms with Gasteiger partial charge in [0.25, 0.3) is 0 Å². The SMILES string of the molecule is O=C(O)C1CCCCN1S(=O)(=O)c1cnn(C2CCOC2)c1. The van der Waals surface area contributed by atoms with Crippen molar-refractivity contribution >= 4 is 16.0 Å². The van der Waals surface area contributed by atoms with Crippen LogP contribution in [0.5, 0.6) is 0 Å². The van der Waals surface area contributed by atoms with Gasteiger partial charge in [0.1, 0.15) is 10.9 Å². The number of carboxylic acid groups (broad SMARTS) is 1. The van der Waals surface area contributed by atoms with Crippen molar-refractivity contribution in [3.63, 3.8) is 0 Å². The molecule has 0 saturated carbocycles. The first-order chi connectivity index (χ1) is 10.5. The lowest BCUT2D eigenvalue weighted by Crippen LogP contribution is -2.47. The first-order valence-corrected chi connectivity index (χ1v) is 8.80. The minimum Gasteiger partial charge on any atom is -0.480 e. The molecule has 3 heterocycles. The zero-order valence-electron chi connectivity index (χ0n) is 12.1. The average Bonchev–Trinajstić information content (AvgIpc) is 3.18. The molecule has 2 atom stereocenters. The molecule has 0 aliphatic carbocycles. The standard InChI is InChI=1S/C13H19N3O5S/c17-13(18)12-3-1-2-5-16(12)22(19,20)11-7-14-15(8-11)10-4-6-21-9-10/h7-8,10,12H,1-6,9H2,(H,17,18). The predicted octanol–water partition coefficient (Wildman–Crippen LogP) is 0.472. The molecular weight excluding hydrogens is 310 g/mol. The van der Waals surface area contributed by atoms with E-state index in [1.165, 1.54) is 12.4 Å². The van der Waals surface area contributed by atoms with Crippen LogP contribution < -0.4 is 0 Å². The molecule has 2 saturated heterocycles. The quantitative estimate of drug-likeness (QED) is 0.862. The molecule has 2 unspecified atom stereocenters. The van der Waals surface area contributed by atoms with Crippen LogP contribution in [0.4, 0.5) is 0 Å². The number of carbonyl (C=O) groups is 1. The number of ether oxygens (including phenoxy) is 1. The minimum absolute atomic E-state index is 0.0422. The lowest BCUT2D eigenvalue weighted by molar-refractivity contribution is -0.142. The van der Waals surface area contributed by atoms with E-state index in [1.54, 1.807) is 4.68 Å². The molecule has 1 aromatic heterocycles. The highest BCUT2D eigenvalue weighted by molar-refractivity contribution is 7.89. The molecule has 9 heteroatoms. The van der Waals surface area contributed by atoms with Crippen molar-refractivity contribution in [3.05, 3.63) is 12.4 Å². The fraction of sp³-hybridized carbons (Fsp3) is 0.692. The highest BCUT2D eigenvalue weighted by Gasteiger charge is 2.38. The van der Waals surface area contributed by atoms with Crippen molar-refractivity contribution in [3.8, 4) is 0 Å². The summed E-state index contributed by atoms with van der Waals surface area (Å²) < 4.78 is 33.4. The highest BCUT2D eigenvalue weighted by Crippen LogP contribution is 2.26. The molecule has 1 N–H and O–H groups in total. The van der Waals surface area contributed by atoms with Crippen LogP contribution in [-0.2, 0) is 19.6 Å². The van der Waals surface area contributed by atoms with Gasteiger partial charge in [-0.1, -0.05) is 0 Å². The monoisotopic (exact) mass is 329 g/mol. The van der Waals surface area contributed by atoms with Gasteiger partial charge in [-0.2, -0.15) is 9.40 Å². The first-order valence-electron chi connectivity index (χ1n) is 7.36. The summed E-state index contributed by atoms with van der Waals surface area (Å²) in [6.07, 6.45) is 5.31. The summed E-state index contributed by atoms with van der Waals surface area (Å²) in [5.74, 6) is -1.10. The number of aliphatic carboxylic acids is 1. The maximum Gasteiger partial charge on any atom is 0.322 e. The molecule has 3 rings (SSSR count). The molecule has 0 bridgehead atoms. The summed E-state index contributed by atoms with van der Waals surface area (Å²) in [7, 11) is -3.84. The van der Waals surface area contributed by atoms with Crippen molar-refractivity contribution in [2.75, 3.05) is 19.8 Å². The summed E-state index contributed by atoms with van der Waals surface area (Å²) in [5, 5.41) is 13.4. The third-order valence-corrected chi connectivity index (χ3v) is 6.06. The van der Waals surface area contributed by atoms with E-state index in [9.17, 15) is 18.3 Å². The van der Waals surface area contributed by atoms with Gasteiger partial charge in [0.2, 0.25) is 10.0 Å². The second kappa shape index (κ2) is 5.98. The van der Waals surface area contributed by atoms with Gasteiger partial charge in [-0.05, 0) is 25.7 Å². The zero-order chi connectivity index (χ0) is 15.7. The molecule has 2 fully saturated rings. The number of hydrogen-bond donors (Lipinski definition) is 1. The summed E-state index contributed by atoms with van der Waals surface area (Å²) >= 11 is 0. The van der Waals surface area contributed by atoms with E-state index < -0.39 is 22.0 Å². The smallest absolute Gasteiger partial charge is 0.322 e. The number of hydrogen-bond acceptors (Lipinski definition) is 5. The highest BCUT2D eigenvalue weighted by atomic mass is 32.2. The van der Waals surface area contributed by atoms with E-state index in [0.717, 1.165) is 17.1 Å². The zero-order valence-corrected chi connectivity index (χ0v) is 12.9. The Hall–Kier alpha value is -1.45. The molecule has 2 aliphatic rings. The fourth-order valence-corrected chi connectivity index (χ4v) is 4.55. The molecule has 1 aromatic rings. The molecule has 8 nitrogen and oxygen atoms in total. The molecule has 0 aromatic carbocycles. The average molecular weight is 329 g/mol. The number of nitrogens with zero attached hydrogens (tertiary/aromatic N) is 3. The Bertz CT molecular complexity index is 650. The van der Waals surface area contributed by atoms with Gasteiger partial charge in [-0.3, -0.25) is 9.48 Å². The molecule has 122 valence electrons. The van der Waals surface area contributed by atoms with Crippen LogP contribution in [0.25, 0.3) is 0 Å². The lowest BCUT2D eigenvalue weighted by Gasteiger charge is -2.31. The predicted molar refractivity (Wildman–Crippen MR) is 75.9 cm³/mol. The Morgan fingerprint density at radius 1 is 1.36 bits per heavy atom. The van der Waals surface area contributed by atoms with Crippen LogP contribution in [0.15, 0.2) is 17.3 Å². The Labute approximate surface area is 128 Å². The third-order valence-electron chi connectivity index (χ3n) is 4.20. The van der Waals surface area contributed by atoms with E-state index in [1.807, 2.05) is 0 Å². The molecule has 22 heavy (non-hydrogen) atoms. The largest absolute Gasteiger partial charge is 0.480 e. The van der Waals surface area contributed by atoms with Crippen LogP contribution in [0.3, 0.4) is 0 Å². The van der Waals surface area contributed by atoms with Crippen LogP contribution in [0.2, 0.25) is 0 Å². The van der Waals surface area contributed by atoms with Gasteiger partial charge in [-0.15, -0.1) is 0 Å². The molecule has 0 spiro atoms. The van der Waals surface area contributed by atoms with Crippen molar-refractivity contribution in [2.24, 2.45) is 0 Å². The minimum atomic E-state index is -3.84. The number of piperidine rings is 1. The fourth-order valence-electron chi connectivity index (χ4n) is 2.96. The Morgan fingerprint density at radius 3 is 2.86 bits per heavy atom. The van der Waals surface area contributed by atoms with Crippen LogP contribution in [-0.4, -0.2) is 59.4 Å². The maximum atomic E-state index is 12.7. The van der Waals surface area contributed by atoms with Crippen molar-refractivity contribution in [1.82, 2.24) is 14.1 Å². The number of carboxylic acids is 1. The van der Waals surface area contributed by atoms with Crippen molar-refractivity contribution in [1.29, 1.82) is 0 Å². The van der Waals surface area contributed by atoms with E-state index in [2.05, 4.69) is 5.10 Å². The van der Waals surface area contributed by atoms with Gasteiger partial charge in [0.15, 0.2) is 0 Å². The van der Waals surface area contributed by atoms with Gasteiger partial charge >= 0.3 is 5.97 Å². The second-order valence-corrected chi connectivity index (χ2v) is 7.53. The number of rotatable bonds is 4. The maximum absolute atomic E-state index is 12.7.